The van der Waals surface area contributed by atoms with Crippen molar-refractivity contribution >= 4 is 39.2 Å². The third kappa shape index (κ3) is 6.66. The number of carbonyl (C=O) groups excluding carboxylic acids is 1. The summed E-state index contributed by atoms with van der Waals surface area (Å²) in [5.74, 6) is 0.779. The van der Waals surface area contributed by atoms with E-state index in [4.69, 9.17) is 9.94 Å². The number of unbranched alkanes of at least 4 members (excludes halogenated alkanes) is 3. The SMILES string of the molecule is O=C(CCCCCCOc1ccc2ncnc(Nc3ccc4c(cnn4Cc4cccc(F)c4)c3)c2c1)NO. The number of carbonyl (C=O) groups is 1. The van der Waals surface area contributed by atoms with Gasteiger partial charge in [-0.15, -0.1) is 0 Å². The first-order valence-electron chi connectivity index (χ1n) is 12.9. The van der Waals surface area contributed by atoms with E-state index in [-0.39, 0.29) is 11.7 Å². The molecule has 2 heterocycles. The number of hydrogen-bond donors (Lipinski definition) is 3. The summed E-state index contributed by atoms with van der Waals surface area (Å²) in [4.78, 5) is 19.9. The normalized spacial score (nSPS) is 11.1. The lowest BCUT2D eigenvalue weighted by atomic mass is 10.1. The van der Waals surface area contributed by atoms with Crippen LogP contribution in [0.1, 0.15) is 37.7 Å². The lowest BCUT2D eigenvalue weighted by molar-refractivity contribution is -0.129. The second-order valence-corrected chi connectivity index (χ2v) is 9.28. The molecule has 5 aromatic rings. The van der Waals surface area contributed by atoms with E-state index in [0.29, 0.717) is 25.4 Å². The molecule has 0 atom stereocenters. The Bertz CT molecular complexity index is 1590. The molecule has 0 unspecified atom stereocenters. The van der Waals surface area contributed by atoms with Gasteiger partial charge >= 0.3 is 0 Å². The number of rotatable bonds is 12. The van der Waals surface area contributed by atoms with Crippen molar-refractivity contribution in [3.8, 4) is 5.75 Å². The summed E-state index contributed by atoms with van der Waals surface area (Å²) in [6, 6.07) is 18.2. The molecule has 0 aliphatic heterocycles. The van der Waals surface area contributed by atoms with E-state index >= 15 is 0 Å². The predicted molar refractivity (Wildman–Crippen MR) is 147 cm³/mol. The van der Waals surface area contributed by atoms with Gasteiger partial charge in [0.25, 0.3) is 0 Å². The van der Waals surface area contributed by atoms with Crippen LogP contribution >= 0.6 is 0 Å². The molecule has 1 amide bonds. The van der Waals surface area contributed by atoms with Gasteiger partial charge in [0, 0.05) is 22.9 Å². The Morgan fingerprint density at radius 1 is 1.00 bits per heavy atom. The topological polar surface area (TPSA) is 114 Å². The number of hydroxylamine groups is 1. The number of nitrogens with zero attached hydrogens (tertiary/aromatic N) is 4. The summed E-state index contributed by atoms with van der Waals surface area (Å²) in [5.41, 5.74) is 5.10. The molecule has 3 aromatic carbocycles. The van der Waals surface area contributed by atoms with Gasteiger partial charge in [-0.25, -0.2) is 19.8 Å². The molecule has 3 N–H and O–H groups in total. The lowest BCUT2D eigenvalue weighted by Crippen LogP contribution is -2.17. The minimum atomic E-state index is -0.357. The van der Waals surface area contributed by atoms with E-state index in [1.54, 1.807) is 17.7 Å². The summed E-state index contributed by atoms with van der Waals surface area (Å²) >= 11 is 0. The highest BCUT2D eigenvalue weighted by atomic mass is 19.1. The van der Waals surface area contributed by atoms with Crippen molar-refractivity contribution in [1.29, 1.82) is 0 Å². The van der Waals surface area contributed by atoms with Crippen LogP contribution < -0.4 is 15.5 Å². The molecule has 0 aliphatic rings. The molecule has 0 saturated heterocycles. The van der Waals surface area contributed by atoms with Gasteiger partial charge in [-0.3, -0.25) is 14.7 Å². The smallest absolute Gasteiger partial charge is 0.243 e. The Hall–Kier alpha value is -4.57. The summed E-state index contributed by atoms with van der Waals surface area (Å²) in [6.45, 7) is 1.04. The molecule has 2 aromatic heterocycles. The summed E-state index contributed by atoms with van der Waals surface area (Å²) in [7, 11) is 0. The minimum absolute atomic E-state index is 0.261. The molecule has 200 valence electrons. The molecule has 39 heavy (non-hydrogen) atoms. The van der Waals surface area contributed by atoms with Crippen molar-refractivity contribution in [2.24, 2.45) is 0 Å². The second-order valence-electron chi connectivity index (χ2n) is 9.28. The van der Waals surface area contributed by atoms with Crippen LogP contribution in [0.4, 0.5) is 15.9 Å². The molecule has 0 fully saturated rings. The van der Waals surface area contributed by atoms with Gasteiger partial charge in [-0.2, -0.15) is 5.10 Å². The van der Waals surface area contributed by atoms with Crippen LogP contribution in [0.3, 0.4) is 0 Å². The molecule has 9 nitrogen and oxygen atoms in total. The van der Waals surface area contributed by atoms with E-state index < -0.39 is 0 Å². The highest BCUT2D eigenvalue weighted by Gasteiger charge is 2.09. The predicted octanol–water partition coefficient (Wildman–Crippen LogP) is 5.75. The van der Waals surface area contributed by atoms with Crippen molar-refractivity contribution < 1.29 is 19.1 Å². The first-order valence-corrected chi connectivity index (χ1v) is 12.9. The number of hydrogen-bond acceptors (Lipinski definition) is 7. The first kappa shape index (κ1) is 26.1. The number of halogens is 1. The van der Waals surface area contributed by atoms with Gasteiger partial charge in [-0.1, -0.05) is 25.0 Å². The Morgan fingerprint density at radius 3 is 2.77 bits per heavy atom. The highest BCUT2D eigenvalue weighted by molar-refractivity contribution is 5.92. The van der Waals surface area contributed by atoms with Crippen LogP contribution in [-0.4, -0.2) is 37.5 Å². The summed E-state index contributed by atoms with van der Waals surface area (Å²) < 4.78 is 21.4. The molecule has 5 rings (SSSR count). The average Bonchev–Trinajstić information content (AvgIpc) is 3.34. The average molecular weight is 529 g/mol. The molecule has 0 saturated carbocycles. The molecular weight excluding hydrogens is 499 g/mol. The maximum absolute atomic E-state index is 13.6. The first-order chi connectivity index (χ1) is 19.1. The minimum Gasteiger partial charge on any atom is -0.494 e. The number of fused-ring (bicyclic) bond motifs is 2. The Balaban J connectivity index is 1.23. The van der Waals surface area contributed by atoms with E-state index in [1.807, 2.05) is 47.1 Å². The zero-order valence-corrected chi connectivity index (χ0v) is 21.3. The van der Waals surface area contributed by atoms with Gasteiger partial charge in [0.1, 0.15) is 23.7 Å². The molecule has 0 spiro atoms. The van der Waals surface area contributed by atoms with E-state index in [2.05, 4.69) is 20.4 Å². The van der Waals surface area contributed by atoms with Gasteiger partial charge in [-0.05, 0) is 66.9 Å². The fourth-order valence-electron chi connectivity index (χ4n) is 4.45. The summed E-state index contributed by atoms with van der Waals surface area (Å²) in [5, 5.41) is 18.2. The largest absolute Gasteiger partial charge is 0.494 e. The maximum atomic E-state index is 13.6. The Labute approximate surface area is 224 Å². The van der Waals surface area contributed by atoms with Crippen molar-refractivity contribution in [1.82, 2.24) is 25.2 Å². The second kappa shape index (κ2) is 12.3. The molecule has 0 bridgehead atoms. The van der Waals surface area contributed by atoms with Crippen LogP contribution in [0.5, 0.6) is 5.75 Å². The third-order valence-electron chi connectivity index (χ3n) is 6.42. The Kier molecular flexibility index (Phi) is 8.23. The quantitative estimate of drug-likeness (QED) is 0.107. The molecule has 0 radical (unpaired) electrons. The molecule has 0 aliphatic carbocycles. The van der Waals surface area contributed by atoms with E-state index in [0.717, 1.165) is 64.5 Å². The van der Waals surface area contributed by atoms with Crippen LogP contribution in [-0.2, 0) is 11.3 Å². The number of benzene rings is 3. The zero-order valence-electron chi connectivity index (χ0n) is 21.3. The van der Waals surface area contributed by atoms with Gasteiger partial charge in [0.15, 0.2) is 0 Å². The van der Waals surface area contributed by atoms with Crippen LogP contribution in [0, 0.1) is 5.82 Å². The van der Waals surface area contributed by atoms with Crippen LogP contribution in [0.25, 0.3) is 21.8 Å². The number of nitrogens with one attached hydrogen (secondary N) is 2. The lowest BCUT2D eigenvalue weighted by Gasteiger charge is -2.11. The molecule has 10 heteroatoms. The van der Waals surface area contributed by atoms with Gasteiger partial charge in [0.2, 0.25) is 5.91 Å². The highest BCUT2D eigenvalue weighted by Crippen LogP contribution is 2.28. The van der Waals surface area contributed by atoms with Crippen molar-refractivity contribution in [2.45, 2.75) is 38.6 Å². The van der Waals surface area contributed by atoms with Gasteiger partial charge < -0.3 is 10.1 Å². The molecular formula is C29H29FN6O3. The van der Waals surface area contributed by atoms with E-state index in [1.165, 1.54) is 18.5 Å². The Morgan fingerprint density at radius 2 is 1.90 bits per heavy atom. The summed E-state index contributed by atoms with van der Waals surface area (Å²) in [6.07, 6.45) is 7.06. The standard InChI is InChI=1S/C29H29FN6O3/c30-22-7-5-6-20(14-22)18-36-27-12-9-23(15-21(27)17-33-36)34-29-25-16-24(10-11-26(25)31-19-32-29)39-13-4-2-1-3-8-28(37)35-38/h5-7,9-12,14-17,19,38H,1-4,8,13,18H2,(H,35,37)(H,31,32,34). The zero-order chi connectivity index (χ0) is 27.0. The van der Waals surface area contributed by atoms with Crippen molar-refractivity contribution in [3.05, 3.63) is 84.6 Å². The van der Waals surface area contributed by atoms with Crippen LogP contribution in [0.2, 0.25) is 0 Å². The van der Waals surface area contributed by atoms with Crippen LogP contribution in [0.15, 0.2) is 73.2 Å². The number of aromatic nitrogens is 4. The number of anilines is 2. The third-order valence-corrected chi connectivity index (χ3v) is 6.42. The van der Waals surface area contributed by atoms with Gasteiger partial charge in [0.05, 0.1) is 30.4 Å². The van der Waals surface area contributed by atoms with Crippen molar-refractivity contribution in [3.63, 3.8) is 0 Å². The fourth-order valence-corrected chi connectivity index (χ4v) is 4.45. The maximum Gasteiger partial charge on any atom is 0.243 e. The van der Waals surface area contributed by atoms with E-state index in [9.17, 15) is 9.18 Å². The number of ether oxygens (including phenoxy) is 1. The van der Waals surface area contributed by atoms with Crippen molar-refractivity contribution in [2.75, 3.05) is 11.9 Å². The fraction of sp³-hybridized carbons (Fsp3) is 0.241. The number of amides is 1. The monoisotopic (exact) mass is 528 g/mol.